The van der Waals surface area contributed by atoms with Crippen molar-refractivity contribution in [2.75, 3.05) is 19.6 Å². The summed E-state index contributed by atoms with van der Waals surface area (Å²) >= 11 is 0. The van der Waals surface area contributed by atoms with Crippen LogP contribution in [0.15, 0.2) is 0 Å². The number of carboxylic acids is 1. The van der Waals surface area contributed by atoms with Crippen LogP contribution in [0.3, 0.4) is 0 Å². The zero-order chi connectivity index (χ0) is 8.55. The van der Waals surface area contributed by atoms with E-state index in [1.54, 1.807) is 0 Å². The Bertz CT molecular complexity index is 191. The molecule has 1 aliphatic carbocycles. The highest BCUT2D eigenvalue weighted by Gasteiger charge is 2.38. The highest BCUT2D eigenvalue weighted by atomic mass is 16.4. The normalized spacial score (nSPS) is 31.8. The smallest absolute Gasteiger partial charge is 0.322 e. The lowest BCUT2D eigenvalue weighted by Crippen LogP contribution is -2.55. The van der Waals surface area contributed by atoms with Crippen LogP contribution < -0.4 is 5.32 Å². The summed E-state index contributed by atoms with van der Waals surface area (Å²) in [6.07, 6.45) is 2.37. The molecule has 0 bridgehead atoms. The van der Waals surface area contributed by atoms with Gasteiger partial charge in [0.25, 0.3) is 0 Å². The molecular formula is C8H14N2O2. The van der Waals surface area contributed by atoms with E-state index < -0.39 is 5.97 Å². The van der Waals surface area contributed by atoms with Crippen LogP contribution >= 0.6 is 0 Å². The van der Waals surface area contributed by atoms with Crippen molar-refractivity contribution in [3.8, 4) is 0 Å². The second-order valence-electron chi connectivity index (χ2n) is 3.53. The molecule has 1 saturated carbocycles. The molecule has 4 heteroatoms. The van der Waals surface area contributed by atoms with Crippen LogP contribution in [0.1, 0.15) is 12.8 Å². The minimum atomic E-state index is -0.686. The maximum absolute atomic E-state index is 10.8. The van der Waals surface area contributed by atoms with E-state index in [4.69, 9.17) is 5.11 Å². The third kappa shape index (κ3) is 1.44. The van der Waals surface area contributed by atoms with Crippen LogP contribution in [0.2, 0.25) is 0 Å². The number of carboxylic acid groups (broad SMARTS) is 1. The molecular weight excluding hydrogens is 156 g/mol. The number of carbonyl (C=O) groups is 1. The predicted octanol–water partition coefficient (Wildman–Crippen LogP) is -0.493. The van der Waals surface area contributed by atoms with Crippen LogP contribution in [0.5, 0.6) is 0 Å². The van der Waals surface area contributed by atoms with Crippen molar-refractivity contribution in [3.05, 3.63) is 0 Å². The minimum Gasteiger partial charge on any atom is -0.480 e. The van der Waals surface area contributed by atoms with Crippen LogP contribution in [-0.4, -0.2) is 47.7 Å². The molecule has 1 unspecified atom stereocenters. The average Bonchev–Trinajstić information content (AvgIpc) is 2.87. The first-order chi connectivity index (χ1) is 5.79. The molecule has 2 rings (SSSR count). The fourth-order valence-corrected chi connectivity index (χ4v) is 1.79. The van der Waals surface area contributed by atoms with E-state index in [0.29, 0.717) is 12.6 Å². The molecule has 12 heavy (non-hydrogen) atoms. The molecule has 1 atom stereocenters. The molecule has 1 saturated heterocycles. The Balaban J connectivity index is 2.00. The van der Waals surface area contributed by atoms with Gasteiger partial charge in [0.15, 0.2) is 0 Å². The number of nitrogens with one attached hydrogen (secondary N) is 1. The van der Waals surface area contributed by atoms with Crippen molar-refractivity contribution < 1.29 is 9.90 Å². The Hall–Kier alpha value is -0.610. The van der Waals surface area contributed by atoms with Crippen LogP contribution in [0.25, 0.3) is 0 Å². The third-order valence-electron chi connectivity index (χ3n) is 2.59. The maximum atomic E-state index is 10.8. The van der Waals surface area contributed by atoms with Crippen molar-refractivity contribution in [1.29, 1.82) is 0 Å². The Morgan fingerprint density at radius 2 is 2.25 bits per heavy atom. The van der Waals surface area contributed by atoms with Gasteiger partial charge in [0.1, 0.15) is 6.04 Å². The molecule has 0 aromatic carbocycles. The van der Waals surface area contributed by atoms with Crippen LogP contribution in [0, 0.1) is 0 Å². The first-order valence-electron chi connectivity index (χ1n) is 4.48. The first kappa shape index (κ1) is 8.01. The lowest BCUT2D eigenvalue weighted by Gasteiger charge is -2.33. The predicted molar refractivity (Wildman–Crippen MR) is 44.0 cm³/mol. The number of hydrogen-bond acceptors (Lipinski definition) is 3. The van der Waals surface area contributed by atoms with Crippen molar-refractivity contribution in [3.63, 3.8) is 0 Å². The molecule has 68 valence electrons. The molecule has 0 aromatic rings. The molecule has 1 aliphatic heterocycles. The van der Waals surface area contributed by atoms with E-state index in [1.165, 1.54) is 12.8 Å². The zero-order valence-corrected chi connectivity index (χ0v) is 6.99. The highest BCUT2D eigenvalue weighted by Crippen LogP contribution is 2.28. The molecule has 4 nitrogen and oxygen atoms in total. The van der Waals surface area contributed by atoms with E-state index in [0.717, 1.165) is 13.1 Å². The average molecular weight is 170 g/mol. The van der Waals surface area contributed by atoms with Gasteiger partial charge >= 0.3 is 5.97 Å². The number of aliphatic carboxylic acids is 1. The van der Waals surface area contributed by atoms with Crippen molar-refractivity contribution >= 4 is 5.97 Å². The van der Waals surface area contributed by atoms with Gasteiger partial charge in [-0.3, -0.25) is 9.69 Å². The Kier molecular flexibility index (Phi) is 2.02. The molecule has 0 radical (unpaired) electrons. The molecule has 0 aromatic heterocycles. The third-order valence-corrected chi connectivity index (χ3v) is 2.59. The quantitative estimate of drug-likeness (QED) is 0.587. The topological polar surface area (TPSA) is 52.6 Å². The van der Waals surface area contributed by atoms with Gasteiger partial charge in [-0.1, -0.05) is 0 Å². The van der Waals surface area contributed by atoms with Gasteiger partial charge in [0.05, 0.1) is 0 Å². The number of nitrogens with zero attached hydrogens (tertiary/aromatic N) is 1. The Morgan fingerprint density at radius 3 is 2.83 bits per heavy atom. The summed E-state index contributed by atoms with van der Waals surface area (Å²) in [4.78, 5) is 12.9. The molecule has 0 amide bonds. The Labute approximate surface area is 71.5 Å². The van der Waals surface area contributed by atoms with Gasteiger partial charge in [-0.15, -0.1) is 0 Å². The van der Waals surface area contributed by atoms with E-state index in [-0.39, 0.29) is 6.04 Å². The molecule has 2 aliphatic rings. The monoisotopic (exact) mass is 170 g/mol. The largest absolute Gasteiger partial charge is 0.480 e. The Morgan fingerprint density at radius 1 is 1.50 bits per heavy atom. The summed E-state index contributed by atoms with van der Waals surface area (Å²) in [5.41, 5.74) is 0. The molecule has 2 fully saturated rings. The summed E-state index contributed by atoms with van der Waals surface area (Å²) in [6.45, 7) is 2.42. The van der Waals surface area contributed by atoms with Gasteiger partial charge < -0.3 is 10.4 Å². The van der Waals surface area contributed by atoms with Gasteiger partial charge in [-0.25, -0.2) is 0 Å². The van der Waals surface area contributed by atoms with E-state index in [1.807, 2.05) is 0 Å². The maximum Gasteiger partial charge on any atom is 0.322 e. The molecule has 0 spiro atoms. The van der Waals surface area contributed by atoms with Gasteiger partial charge in [-0.2, -0.15) is 0 Å². The van der Waals surface area contributed by atoms with Crippen molar-refractivity contribution in [1.82, 2.24) is 10.2 Å². The summed E-state index contributed by atoms with van der Waals surface area (Å²) in [6, 6.07) is 0.277. The number of hydrogen-bond donors (Lipinski definition) is 2. The molecule has 1 heterocycles. The number of rotatable bonds is 2. The fourth-order valence-electron chi connectivity index (χ4n) is 1.79. The second kappa shape index (κ2) is 3.03. The van der Waals surface area contributed by atoms with Gasteiger partial charge in [0, 0.05) is 25.7 Å². The lowest BCUT2D eigenvalue weighted by atomic mass is 10.2. The fraction of sp³-hybridized carbons (Fsp3) is 0.875. The SMILES string of the molecule is O=C(O)C1CNCCN1C1CC1. The summed E-state index contributed by atoms with van der Waals surface area (Å²) in [5.74, 6) is -0.686. The van der Waals surface area contributed by atoms with Gasteiger partial charge in [0.2, 0.25) is 0 Å². The molecule has 2 N–H and O–H groups in total. The zero-order valence-electron chi connectivity index (χ0n) is 6.99. The summed E-state index contributed by atoms with van der Waals surface area (Å²) < 4.78 is 0. The standard InChI is InChI=1S/C8H14N2O2/c11-8(12)7-5-9-3-4-10(7)6-1-2-6/h6-7,9H,1-5H2,(H,11,12). The van der Waals surface area contributed by atoms with Crippen LogP contribution in [0.4, 0.5) is 0 Å². The second-order valence-corrected chi connectivity index (χ2v) is 3.53. The highest BCUT2D eigenvalue weighted by molar-refractivity contribution is 5.74. The summed E-state index contributed by atoms with van der Waals surface area (Å²) in [7, 11) is 0. The lowest BCUT2D eigenvalue weighted by molar-refractivity contribution is -0.144. The van der Waals surface area contributed by atoms with Crippen molar-refractivity contribution in [2.45, 2.75) is 24.9 Å². The van der Waals surface area contributed by atoms with Gasteiger partial charge in [-0.05, 0) is 12.8 Å². The van der Waals surface area contributed by atoms with Crippen LogP contribution in [-0.2, 0) is 4.79 Å². The van der Waals surface area contributed by atoms with E-state index in [2.05, 4.69) is 10.2 Å². The van der Waals surface area contributed by atoms with E-state index in [9.17, 15) is 4.79 Å². The summed E-state index contributed by atoms with van der Waals surface area (Å²) in [5, 5.41) is 12.0. The number of piperazine rings is 1. The van der Waals surface area contributed by atoms with Crippen molar-refractivity contribution in [2.24, 2.45) is 0 Å². The van der Waals surface area contributed by atoms with E-state index >= 15 is 0 Å². The first-order valence-corrected chi connectivity index (χ1v) is 4.48. The minimum absolute atomic E-state index is 0.286.